The molecule has 3 rings (SSSR count). The molecule has 13 heteroatoms. The number of nitrogens with two attached hydrogens (primary N) is 1. The molecule has 0 atom stereocenters. The van der Waals surface area contributed by atoms with E-state index in [4.69, 9.17) is 19.9 Å². The van der Waals surface area contributed by atoms with Crippen LogP contribution >= 0.6 is 0 Å². The van der Waals surface area contributed by atoms with Gasteiger partial charge in [-0.1, -0.05) is 19.1 Å². The van der Waals surface area contributed by atoms with Crippen molar-refractivity contribution in [1.29, 1.82) is 0 Å². The van der Waals surface area contributed by atoms with Crippen molar-refractivity contribution in [3.05, 3.63) is 29.1 Å². The molecule has 0 saturated carbocycles. The highest BCUT2D eigenvalue weighted by Crippen LogP contribution is 2.33. The van der Waals surface area contributed by atoms with Gasteiger partial charge in [-0.2, -0.15) is 9.78 Å². The SMILES string of the molecule is COc1cc(OC)c(OC)cc1/C=N/NC(=O)c1nnn(-c2nonc2N)c1C(C)C. The van der Waals surface area contributed by atoms with Crippen molar-refractivity contribution < 1.29 is 23.6 Å². The molecule has 0 unspecified atom stereocenters. The van der Waals surface area contributed by atoms with Gasteiger partial charge in [0.15, 0.2) is 17.2 Å². The van der Waals surface area contributed by atoms with E-state index < -0.39 is 5.91 Å². The number of hydrogen-bond acceptors (Lipinski definition) is 11. The smallest absolute Gasteiger partial charge is 0.293 e. The summed E-state index contributed by atoms with van der Waals surface area (Å²) in [6, 6.07) is 3.32. The third-order valence-electron chi connectivity index (χ3n) is 4.27. The molecule has 2 aromatic heterocycles. The largest absolute Gasteiger partial charge is 0.496 e. The molecule has 0 radical (unpaired) electrons. The Hall–Kier alpha value is -4.16. The minimum Gasteiger partial charge on any atom is -0.496 e. The number of carbonyl (C=O) groups is 1. The second-order valence-corrected chi connectivity index (χ2v) is 6.51. The predicted molar refractivity (Wildman–Crippen MR) is 109 cm³/mol. The van der Waals surface area contributed by atoms with Crippen molar-refractivity contribution in [1.82, 2.24) is 30.7 Å². The molecule has 2 heterocycles. The fourth-order valence-corrected chi connectivity index (χ4v) is 2.83. The quantitative estimate of drug-likeness (QED) is 0.391. The van der Waals surface area contributed by atoms with Crippen LogP contribution in [0.5, 0.6) is 17.2 Å². The Morgan fingerprint density at radius 1 is 1.16 bits per heavy atom. The highest BCUT2D eigenvalue weighted by Gasteiger charge is 2.25. The fourth-order valence-electron chi connectivity index (χ4n) is 2.83. The standard InChI is InChI=1S/C18H22N8O5/c1-9(2)15-14(21-25-26(15)17-16(19)23-31-24-17)18(27)22-20-8-10-6-12(29-4)13(30-5)7-11(10)28-3/h6-9H,1-5H3,(H2,19,23)(H,22,27)/b20-8+. The maximum Gasteiger partial charge on any atom is 0.293 e. The Labute approximate surface area is 177 Å². The number of amides is 1. The lowest BCUT2D eigenvalue weighted by Crippen LogP contribution is -2.21. The summed E-state index contributed by atoms with van der Waals surface area (Å²) in [7, 11) is 4.54. The molecule has 0 bridgehead atoms. The topological polar surface area (TPSA) is 165 Å². The van der Waals surface area contributed by atoms with Gasteiger partial charge < -0.3 is 19.9 Å². The molecule has 3 aromatic rings. The maximum atomic E-state index is 12.7. The second-order valence-electron chi connectivity index (χ2n) is 6.51. The van der Waals surface area contributed by atoms with Crippen molar-refractivity contribution >= 4 is 17.9 Å². The van der Waals surface area contributed by atoms with Crippen LogP contribution in [0, 0.1) is 0 Å². The van der Waals surface area contributed by atoms with Crippen LogP contribution < -0.4 is 25.4 Å². The zero-order chi connectivity index (χ0) is 22.5. The van der Waals surface area contributed by atoms with E-state index in [9.17, 15) is 4.79 Å². The van der Waals surface area contributed by atoms with E-state index in [1.165, 1.54) is 32.2 Å². The first-order valence-electron chi connectivity index (χ1n) is 9.08. The number of nitrogen functional groups attached to an aromatic ring is 1. The molecule has 13 nitrogen and oxygen atoms in total. The molecular weight excluding hydrogens is 408 g/mol. The van der Waals surface area contributed by atoms with E-state index in [2.05, 4.69) is 35.8 Å². The number of methoxy groups -OCH3 is 3. The molecule has 3 N–H and O–H groups in total. The van der Waals surface area contributed by atoms with Crippen LogP contribution in [0.2, 0.25) is 0 Å². The molecular formula is C18H22N8O5. The number of ether oxygens (including phenoxy) is 3. The van der Waals surface area contributed by atoms with E-state index in [0.717, 1.165) is 0 Å². The normalized spacial score (nSPS) is 11.2. The summed E-state index contributed by atoms with van der Waals surface area (Å²) in [4.78, 5) is 12.7. The summed E-state index contributed by atoms with van der Waals surface area (Å²) in [5.41, 5.74) is 9.26. The summed E-state index contributed by atoms with van der Waals surface area (Å²) in [6.45, 7) is 3.74. The van der Waals surface area contributed by atoms with Crippen molar-refractivity contribution in [3.63, 3.8) is 0 Å². The van der Waals surface area contributed by atoms with Crippen molar-refractivity contribution in [2.45, 2.75) is 19.8 Å². The van der Waals surface area contributed by atoms with Gasteiger partial charge in [0.05, 0.1) is 33.2 Å². The van der Waals surface area contributed by atoms with Gasteiger partial charge in [-0.25, -0.2) is 10.1 Å². The van der Waals surface area contributed by atoms with Crippen LogP contribution in [0.3, 0.4) is 0 Å². The molecule has 0 spiro atoms. The zero-order valence-corrected chi connectivity index (χ0v) is 17.6. The second kappa shape index (κ2) is 9.11. The number of rotatable bonds is 8. The van der Waals surface area contributed by atoms with Gasteiger partial charge in [0.1, 0.15) is 5.75 Å². The number of benzene rings is 1. The Balaban J connectivity index is 1.86. The van der Waals surface area contributed by atoms with E-state index in [1.54, 1.807) is 12.1 Å². The van der Waals surface area contributed by atoms with Crippen molar-refractivity contribution in [2.24, 2.45) is 5.10 Å². The number of hydrogen-bond donors (Lipinski definition) is 2. The molecule has 1 aromatic carbocycles. The third kappa shape index (κ3) is 4.24. The van der Waals surface area contributed by atoms with Gasteiger partial charge in [-0.15, -0.1) is 5.10 Å². The van der Waals surface area contributed by atoms with E-state index in [-0.39, 0.29) is 23.2 Å². The van der Waals surface area contributed by atoms with E-state index in [1.807, 2.05) is 13.8 Å². The lowest BCUT2D eigenvalue weighted by Gasteiger charge is -2.11. The summed E-state index contributed by atoms with van der Waals surface area (Å²) < 4.78 is 21.8. The predicted octanol–water partition coefficient (Wildman–Crippen LogP) is 1.15. The van der Waals surface area contributed by atoms with E-state index in [0.29, 0.717) is 28.5 Å². The number of carbonyl (C=O) groups excluding carboxylic acids is 1. The molecule has 0 saturated heterocycles. The van der Waals surface area contributed by atoms with Crippen LogP contribution in [0.1, 0.15) is 41.5 Å². The highest BCUT2D eigenvalue weighted by atomic mass is 16.6. The molecule has 31 heavy (non-hydrogen) atoms. The van der Waals surface area contributed by atoms with Crippen LogP contribution in [0.4, 0.5) is 5.82 Å². The number of aromatic nitrogens is 5. The van der Waals surface area contributed by atoms with Crippen LogP contribution in [-0.4, -0.2) is 58.8 Å². The first-order chi connectivity index (χ1) is 14.9. The Morgan fingerprint density at radius 3 is 2.42 bits per heavy atom. The zero-order valence-electron chi connectivity index (χ0n) is 17.6. The number of anilines is 1. The minimum atomic E-state index is -0.569. The minimum absolute atomic E-state index is 0.0253. The summed E-state index contributed by atoms with van der Waals surface area (Å²) in [6.07, 6.45) is 1.41. The van der Waals surface area contributed by atoms with E-state index >= 15 is 0 Å². The fraction of sp³-hybridized carbons (Fsp3) is 0.333. The first kappa shape index (κ1) is 21.5. The third-order valence-corrected chi connectivity index (χ3v) is 4.27. The lowest BCUT2D eigenvalue weighted by molar-refractivity contribution is 0.0948. The average molecular weight is 430 g/mol. The lowest BCUT2D eigenvalue weighted by atomic mass is 10.1. The molecule has 164 valence electrons. The summed E-state index contributed by atoms with van der Waals surface area (Å²) in [5, 5.41) is 19.1. The molecule has 0 fully saturated rings. The Bertz CT molecular complexity index is 1100. The van der Waals surface area contributed by atoms with Gasteiger partial charge in [-0.05, 0) is 22.3 Å². The van der Waals surface area contributed by atoms with Gasteiger partial charge >= 0.3 is 0 Å². The van der Waals surface area contributed by atoms with Gasteiger partial charge in [-0.3, -0.25) is 4.79 Å². The number of nitrogens with zero attached hydrogens (tertiary/aromatic N) is 6. The van der Waals surface area contributed by atoms with Crippen LogP contribution in [-0.2, 0) is 0 Å². The Morgan fingerprint density at radius 2 is 1.84 bits per heavy atom. The average Bonchev–Trinajstić information content (AvgIpc) is 3.39. The van der Waals surface area contributed by atoms with Crippen molar-refractivity contribution in [2.75, 3.05) is 27.1 Å². The number of hydrazone groups is 1. The van der Waals surface area contributed by atoms with Crippen LogP contribution in [0.15, 0.2) is 21.9 Å². The molecule has 0 aliphatic carbocycles. The maximum absolute atomic E-state index is 12.7. The summed E-state index contributed by atoms with van der Waals surface area (Å²) in [5.74, 6) is 0.937. The van der Waals surface area contributed by atoms with Crippen LogP contribution in [0.25, 0.3) is 5.82 Å². The van der Waals surface area contributed by atoms with Gasteiger partial charge in [0.25, 0.3) is 5.91 Å². The van der Waals surface area contributed by atoms with Crippen molar-refractivity contribution in [3.8, 4) is 23.1 Å². The van der Waals surface area contributed by atoms with Gasteiger partial charge in [0.2, 0.25) is 11.6 Å². The molecule has 0 aliphatic heterocycles. The van der Waals surface area contributed by atoms with Gasteiger partial charge in [0, 0.05) is 11.6 Å². The molecule has 1 amide bonds. The molecule has 0 aliphatic rings. The Kier molecular flexibility index (Phi) is 6.33. The number of nitrogens with one attached hydrogen (secondary N) is 1. The monoisotopic (exact) mass is 430 g/mol. The summed E-state index contributed by atoms with van der Waals surface area (Å²) >= 11 is 0. The first-order valence-corrected chi connectivity index (χ1v) is 9.08. The highest BCUT2D eigenvalue weighted by molar-refractivity contribution is 5.94.